The van der Waals surface area contributed by atoms with Gasteiger partial charge in [-0.05, 0) is 109 Å². The first-order valence-corrected chi connectivity index (χ1v) is 11.7. The third-order valence-corrected chi connectivity index (χ3v) is 7.04. The molecule has 2 aliphatic rings. The Morgan fingerprint density at radius 3 is 2.48 bits per heavy atom. The van der Waals surface area contributed by atoms with Gasteiger partial charge in [-0.2, -0.15) is 0 Å². The molecule has 1 aromatic carbocycles. The van der Waals surface area contributed by atoms with E-state index in [1.807, 2.05) is 44.5 Å². The first kappa shape index (κ1) is 25.1. The Hall–Kier alpha value is -2.50. The van der Waals surface area contributed by atoms with Crippen molar-refractivity contribution in [1.82, 2.24) is 15.5 Å². The van der Waals surface area contributed by atoms with E-state index in [1.165, 1.54) is 0 Å². The van der Waals surface area contributed by atoms with E-state index < -0.39 is 0 Å². The molecule has 0 saturated carbocycles. The van der Waals surface area contributed by atoms with Crippen molar-refractivity contribution in [1.29, 1.82) is 0 Å². The van der Waals surface area contributed by atoms with Crippen LogP contribution in [0.1, 0.15) is 64.2 Å². The highest BCUT2D eigenvalue weighted by atomic mass is 19.1. The van der Waals surface area contributed by atoms with Crippen molar-refractivity contribution in [2.75, 3.05) is 14.1 Å². The molecule has 5 heteroatoms. The van der Waals surface area contributed by atoms with Crippen molar-refractivity contribution < 1.29 is 4.39 Å². The van der Waals surface area contributed by atoms with E-state index in [0.29, 0.717) is 23.8 Å². The number of nitrogens with one attached hydrogen (secondary N) is 2. The highest BCUT2D eigenvalue weighted by molar-refractivity contribution is 6.13. The van der Waals surface area contributed by atoms with Gasteiger partial charge < -0.3 is 10.6 Å². The molecule has 0 aromatic heterocycles. The highest BCUT2D eigenvalue weighted by Crippen LogP contribution is 2.36. The van der Waals surface area contributed by atoms with Gasteiger partial charge in [0.05, 0.1) is 5.70 Å². The molecular formula is C28H39FN4. The van der Waals surface area contributed by atoms with Gasteiger partial charge in [0.15, 0.2) is 0 Å². The monoisotopic (exact) mass is 450 g/mol. The minimum atomic E-state index is -0.224. The summed E-state index contributed by atoms with van der Waals surface area (Å²) >= 11 is 0. The summed E-state index contributed by atoms with van der Waals surface area (Å²) in [5.74, 6) is -0.224. The molecule has 1 fully saturated rings. The van der Waals surface area contributed by atoms with Gasteiger partial charge in [-0.1, -0.05) is 12.7 Å². The number of piperidine rings is 1. The van der Waals surface area contributed by atoms with E-state index in [4.69, 9.17) is 0 Å². The van der Waals surface area contributed by atoms with E-state index in [2.05, 4.69) is 61.8 Å². The van der Waals surface area contributed by atoms with Crippen molar-refractivity contribution >= 4 is 17.4 Å². The lowest BCUT2D eigenvalue weighted by atomic mass is 9.77. The van der Waals surface area contributed by atoms with Crippen LogP contribution >= 0.6 is 0 Å². The molecule has 0 amide bonds. The number of hydrogen-bond acceptors (Lipinski definition) is 4. The molecule has 2 aliphatic heterocycles. The van der Waals surface area contributed by atoms with Crippen LogP contribution in [0.5, 0.6) is 0 Å². The Labute approximate surface area is 199 Å². The minimum absolute atomic E-state index is 0.137. The SMILES string of the molecule is C=C1C=C(c2cc(F)c(/C(C)=C/C=C/NC3CC(C)(C)N(C)C(C)(C)C3)c(CNC)c2)C=N1. The maximum Gasteiger partial charge on any atom is 0.131 e. The van der Waals surface area contributed by atoms with Crippen molar-refractivity contribution in [2.45, 2.75) is 71.1 Å². The average molecular weight is 451 g/mol. The van der Waals surface area contributed by atoms with Crippen LogP contribution in [0.15, 0.2) is 53.8 Å². The first-order valence-electron chi connectivity index (χ1n) is 11.7. The van der Waals surface area contributed by atoms with Crippen LogP contribution in [0, 0.1) is 5.82 Å². The Balaban J connectivity index is 1.77. The molecular weight excluding hydrogens is 411 g/mol. The Morgan fingerprint density at radius 1 is 1.24 bits per heavy atom. The fourth-order valence-corrected chi connectivity index (χ4v) is 5.12. The molecule has 0 atom stereocenters. The number of allylic oxidation sites excluding steroid dienone is 5. The van der Waals surface area contributed by atoms with Gasteiger partial charge in [0.2, 0.25) is 0 Å². The highest BCUT2D eigenvalue weighted by Gasteiger charge is 2.42. The number of nitrogens with zero attached hydrogens (tertiary/aromatic N) is 2. The lowest BCUT2D eigenvalue weighted by Crippen LogP contribution is -2.61. The quantitative estimate of drug-likeness (QED) is 0.525. The minimum Gasteiger partial charge on any atom is -0.388 e. The topological polar surface area (TPSA) is 39.7 Å². The van der Waals surface area contributed by atoms with E-state index in [-0.39, 0.29) is 16.9 Å². The van der Waals surface area contributed by atoms with E-state index in [1.54, 1.807) is 12.3 Å². The standard InChI is InChI=1S/C28H39FN4/c1-19(10-9-11-31-24-15-27(3,4)33(8)28(5,6)16-24)26-23(17-30-7)13-21(14-25(26)29)22-12-20(2)32-18-22/h9-14,18,24,30-31H,2,15-17H2,1,3-8H3/b11-9+,19-10+. The molecule has 0 aliphatic carbocycles. The Bertz CT molecular complexity index is 1010. The Morgan fingerprint density at radius 2 is 1.91 bits per heavy atom. The zero-order chi connectivity index (χ0) is 24.4. The van der Waals surface area contributed by atoms with Gasteiger partial charge in [-0.15, -0.1) is 0 Å². The Kier molecular flexibility index (Phi) is 7.45. The van der Waals surface area contributed by atoms with Crippen LogP contribution in [0.2, 0.25) is 0 Å². The van der Waals surface area contributed by atoms with E-state index in [9.17, 15) is 0 Å². The van der Waals surface area contributed by atoms with Gasteiger partial charge in [-0.3, -0.25) is 9.89 Å². The van der Waals surface area contributed by atoms with Gasteiger partial charge in [0.1, 0.15) is 5.82 Å². The maximum atomic E-state index is 15.2. The molecule has 3 rings (SSSR count). The van der Waals surface area contributed by atoms with E-state index in [0.717, 1.165) is 35.1 Å². The largest absolute Gasteiger partial charge is 0.388 e. The van der Waals surface area contributed by atoms with Crippen LogP contribution in [0.25, 0.3) is 11.1 Å². The van der Waals surface area contributed by atoms with Crippen molar-refractivity contribution in [3.8, 4) is 0 Å². The third-order valence-electron chi connectivity index (χ3n) is 7.04. The summed E-state index contributed by atoms with van der Waals surface area (Å²) in [6.07, 6.45) is 11.7. The lowest BCUT2D eigenvalue weighted by Gasteiger charge is -2.53. The molecule has 2 heterocycles. The second-order valence-corrected chi connectivity index (χ2v) is 10.5. The van der Waals surface area contributed by atoms with Crippen molar-refractivity contribution in [2.24, 2.45) is 4.99 Å². The number of aliphatic imine (C=N–C) groups is 1. The summed E-state index contributed by atoms with van der Waals surface area (Å²) in [6.45, 7) is 15.6. The zero-order valence-corrected chi connectivity index (χ0v) is 21.2. The zero-order valence-electron chi connectivity index (χ0n) is 21.2. The van der Waals surface area contributed by atoms with Crippen LogP contribution in [-0.4, -0.2) is 42.3 Å². The fraction of sp³-hybridized carbons (Fsp3) is 0.464. The predicted octanol–water partition coefficient (Wildman–Crippen LogP) is 5.68. The molecule has 0 spiro atoms. The second kappa shape index (κ2) is 9.78. The molecule has 1 aromatic rings. The van der Waals surface area contributed by atoms with Crippen LogP contribution in [0.4, 0.5) is 4.39 Å². The van der Waals surface area contributed by atoms with E-state index >= 15 is 4.39 Å². The smallest absolute Gasteiger partial charge is 0.131 e. The van der Waals surface area contributed by atoms with Crippen LogP contribution < -0.4 is 10.6 Å². The summed E-state index contributed by atoms with van der Waals surface area (Å²) < 4.78 is 15.2. The van der Waals surface area contributed by atoms with Gasteiger partial charge in [0, 0.05) is 41.0 Å². The summed E-state index contributed by atoms with van der Waals surface area (Å²) in [5, 5.41) is 6.74. The average Bonchev–Trinajstić information content (AvgIpc) is 3.15. The number of halogens is 1. The molecule has 4 nitrogen and oxygen atoms in total. The number of hydrogen-bond donors (Lipinski definition) is 2. The molecule has 0 unspecified atom stereocenters. The first-order chi connectivity index (χ1) is 15.4. The summed E-state index contributed by atoms with van der Waals surface area (Å²) in [7, 11) is 4.09. The third kappa shape index (κ3) is 5.71. The second-order valence-electron chi connectivity index (χ2n) is 10.5. The van der Waals surface area contributed by atoms with Crippen molar-refractivity contribution in [3.63, 3.8) is 0 Å². The number of benzene rings is 1. The summed E-state index contributed by atoms with van der Waals surface area (Å²) in [6, 6.07) is 4.03. The molecule has 2 N–H and O–H groups in total. The number of rotatable bonds is 7. The predicted molar refractivity (Wildman–Crippen MR) is 140 cm³/mol. The van der Waals surface area contributed by atoms with Crippen LogP contribution in [-0.2, 0) is 6.54 Å². The van der Waals surface area contributed by atoms with Crippen molar-refractivity contribution in [3.05, 3.63) is 71.3 Å². The van der Waals surface area contributed by atoms with Gasteiger partial charge in [0.25, 0.3) is 0 Å². The molecule has 0 bridgehead atoms. The molecule has 1 saturated heterocycles. The van der Waals surface area contributed by atoms with Gasteiger partial charge in [-0.25, -0.2) is 4.39 Å². The van der Waals surface area contributed by atoms with Crippen LogP contribution in [0.3, 0.4) is 0 Å². The van der Waals surface area contributed by atoms with Gasteiger partial charge >= 0.3 is 0 Å². The summed E-state index contributed by atoms with van der Waals surface area (Å²) in [4.78, 5) is 6.66. The molecule has 33 heavy (non-hydrogen) atoms. The normalized spacial score (nSPS) is 21.2. The summed E-state index contributed by atoms with van der Waals surface area (Å²) in [5.41, 5.74) is 5.13. The lowest BCUT2D eigenvalue weighted by molar-refractivity contribution is -0.0157. The molecule has 0 radical (unpaired) electrons. The molecule has 178 valence electrons. The fourth-order valence-electron chi connectivity index (χ4n) is 5.12. The maximum absolute atomic E-state index is 15.2. The number of likely N-dealkylation sites (tertiary alicyclic amines) is 1.